The lowest BCUT2D eigenvalue weighted by Crippen LogP contribution is -2.22. The molecule has 0 unspecified atom stereocenters. The van der Waals surface area contributed by atoms with Gasteiger partial charge in [-0.2, -0.15) is 0 Å². The van der Waals surface area contributed by atoms with E-state index in [-0.39, 0.29) is 10.6 Å². The van der Waals surface area contributed by atoms with Crippen LogP contribution in [0.25, 0.3) is 0 Å². The first-order valence-electron chi connectivity index (χ1n) is 7.31. The Labute approximate surface area is 147 Å². The molecule has 0 bridgehead atoms. The Balaban J connectivity index is 2.48. The van der Waals surface area contributed by atoms with E-state index in [0.717, 1.165) is 4.31 Å². The van der Waals surface area contributed by atoms with Crippen molar-refractivity contribution in [2.24, 2.45) is 4.99 Å². The lowest BCUT2D eigenvalue weighted by Gasteiger charge is -2.13. The number of benzene rings is 2. The Morgan fingerprint density at radius 2 is 1.80 bits per heavy atom. The van der Waals surface area contributed by atoms with Crippen LogP contribution in [0.4, 0.5) is 5.69 Å². The van der Waals surface area contributed by atoms with Crippen LogP contribution >= 0.6 is 0 Å². The molecule has 1 N–H and O–H groups in total. The number of ether oxygens (including phenoxy) is 2. The third-order valence-electron chi connectivity index (χ3n) is 3.51. The summed E-state index contributed by atoms with van der Waals surface area (Å²) in [5, 5.41) is 9.91. The topological polar surface area (TPSA) is 88.4 Å². The minimum absolute atomic E-state index is 0.0283. The molecule has 0 spiro atoms. The minimum atomic E-state index is -3.59. The number of aromatic hydroxyl groups is 1. The number of phenolic OH excluding ortho intramolecular Hbond substituents is 1. The van der Waals surface area contributed by atoms with E-state index < -0.39 is 10.0 Å². The van der Waals surface area contributed by atoms with Crippen molar-refractivity contribution in [2.75, 3.05) is 28.3 Å². The Morgan fingerprint density at radius 3 is 2.40 bits per heavy atom. The fourth-order valence-corrected chi connectivity index (χ4v) is 2.97. The lowest BCUT2D eigenvalue weighted by molar-refractivity contribution is 0.412. The van der Waals surface area contributed by atoms with E-state index in [1.54, 1.807) is 12.1 Å². The lowest BCUT2D eigenvalue weighted by atomic mass is 10.2. The number of rotatable bonds is 6. The number of nitrogens with zero attached hydrogens (tertiary/aromatic N) is 2. The molecule has 0 aliphatic heterocycles. The molecule has 0 atom stereocenters. The normalized spacial score (nSPS) is 11.9. The van der Waals surface area contributed by atoms with Crippen LogP contribution in [0.3, 0.4) is 0 Å². The molecule has 7 nitrogen and oxygen atoms in total. The molecular weight excluding hydrogens is 344 g/mol. The molecule has 0 aliphatic rings. The van der Waals surface area contributed by atoms with Crippen LogP contribution in [0.2, 0.25) is 0 Å². The molecule has 0 fully saturated rings. The molecule has 25 heavy (non-hydrogen) atoms. The quantitative estimate of drug-likeness (QED) is 0.795. The number of phenols is 1. The van der Waals surface area contributed by atoms with E-state index in [2.05, 4.69) is 4.99 Å². The highest BCUT2D eigenvalue weighted by atomic mass is 32.2. The standard InChI is InChI=1S/C17H20N2O5S/c1-19(2)25(21,22)14-6-8-17(24-4)15(10-14)18-11-12-9-13(23-3)5-7-16(12)20/h5-11,20H,1-4H3. The Bertz CT molecular complexity index is 892. The first kappa shape index (κ1) is 18.8. The molecule has 0 saturated carbocycles. The monoisotopic (exact) mass is 364 g/mol. The Hall–Kier alpha value is -2.58. The van der Waals surface area contributed by atoms with Crippen molar-refractivity contribution in [3.05, 3.63) is 42.0 Å². The zero-order chi connectivity index (χ0) is 18.6. The van der Waals surface area contributed by atoms with Crippen LogP contribution in [-0.4, -0.2) is 52.4 Å². The van der Waals surface area contributed by atoms with Crippen molar-refractivity contribution in [3.8, 4) is 17.2 Å². The van der Waals surface area contributed by atoms with Crippen molar-refractivity contribution in [1.29, 1.82) is 0 Å². The van der Waals surface area contributed by atoms with Gasteiger partial charge in [-0.25, -0.2) is 12.7 Å². The largest absolute Gasteiger partial charge is 0.507 e. The van der Waals surface area contributed by atoms with Gasteiger partial charge in [-0.1, -0.05) is 0 Å². The summed E-state index contributed by atoms with van der Waals surface area (Å²) in [5.74, 6) is 1.01. The van der Waals surface area contributed by atoms with Crippen LogP contribution in [0.1, 0.15) is 5.56 Å². The molecule has 0 aliphatic carbocycles. The fourth-order valence-electron chi connectivity index (χ4n) is 2.04. The summed E-state index contributed by atoms with van der Waals surface area (Å²) in [7, 11) is 2.31. The third kappa shape index (κ3) is 4.09. The average Bonchev–Trinajstić information content (AvgIpc) is 2.60. The van der Waals surface area contributed by atoms with Crippen LogP contribution in [0, 0.1) is 0 Å². The van der Waals surface area contributed by atoms with Gasteiger partial charge in [0.25, 0.3) is 0 Å². The van der Waals surface area contributed by atoms with Crippen LogP contribution in [0.15, 0.2) is 46.3 Å². The summed E-state index contributed by atoms with van der Waals surface area (Å²) in [6.45, 7) is 0. The maximum atomic E-state index is 12.3. The highest BCUT2D eigenvalue weighted by Gasteiger charge is 2.18. The highest BCUT2D eigenvalue weighted by Crippen LogP contribution is 2.31. The molecule has 134 valence electrons. The number of aliphatic imine (C=N–C) groups is 1. The van der Waals surface area contributed by atoms with Gasteiger partial charge in [0, 0.05) is 25.9 Å². The van der Waals surface area contributed by atoms with Gasteiger partial charge in [-0.05, 0) is 36.4 Å². The van der Waals surface area contributed by atoms with Crippen molar-refractivity contribution >= 4 is 21.9 Å². The predicted molar refractivity (Wildman–Crippen MR) is 95.8 cm³/mol. The van der Waals surface area contributed by atoms with E-state index in [1.165, 1.54) is 58.8 Å². The number of hydrogen-bond acceptors (Lipinski definition) is 6. The highest BCUT2D eigenvalue weighted by molar-refractivity contribution is 7.89. The molecule has 8 heteroatoms. The average molecular weight is 364 g/mol. The minimum Gasteiger partial charge on any atom is -0.507 e. The summed E-state index contributed by atoms with van der Waals surface area (Å²) in [6, 6.07) is 9.14. The van der Waals surface area contributed by atoms with Crippen molar-refractivity contribution in [1.82, 2.24) is 4.31 Å². The van der Waals surface area contributed by atoms with Gasteiger partial charge in [-0.3, -0.25) is 4.99 Å². The van der Waals surface area contributed by atoms with Gasteiger partial charge < -0.3 is 14.6 Å². The second kappa shape index (κ2) is 7.54. The molecule has 0 saturated heterocycles. The Morgan fingerprint density at radius 1 is 1.08 bits per heavy atom. The summed E-state index contributed by atoms with van der Waals surface area (Å²) in [4.78, 5) is 4.37. The number of methoxy groups -OCH3 is 2. The van der Waals surface area contributed by atoms with E-state index in [1.807, 2.05) is 0 Å². The summed E-state index contributed by atoms with van der Waals surface area (Å²) >= 11 is 0. The first-order chi connectivity index (χ1) is 11.8. The Kier molecular flexibility index (Phi) is 5.66. The maximum absolute atomic E-state index is 12.3. The second-order valence-corrected chi connectivity index (χ2v) is 7.46. The van der Waals surface area contributed by atoms with E-state index in [9.17, 15) is 13.5 Å². The van der Waals surface area contributed by atoms with Gasteiger partial charge >= 0.3 is 0 Å². The third-order valence-corrected chi connectivity index (χ3v) is 5.32. The molecule has 2 aromatic rings. The first-order valence-corrected chi connectivity index (χ1v) is 8.75. The van der Waals surface area contributed by atoms with E-state index in [0.29, 0.717) is 22.7 Å². The summed E-state index contributed by atoms with van der Waals surface area (Å²) in [5.41, 5.74) is 0.759. The van der Waals surface area contributed by atoms with Crippen LogP contribution < -0.4 is 9.47 Å². The molecular formula is C17H20N2O5S. The van der Waals surface area contributed by atoms with Gasteiger partial charge in [-0.15, -0.1) is 0 Å². The molecule has 0 amide bonds. The summed E-state index contributed by atoms with van der Waals surface area (Å²) < 4.78 is 36.0. The molecule has 2 rings (SSSR count). The van der Waals surface area contributed by atoms with Crippen LogP contribution in [0.5, 0.6) is 17.2 Å². The van der Waals surface area contributed by atoms with Gasteiger partial charge in [0.05, 0.1) is 19.1 Å². The van der Waals surface area contributed by atoms with Gasteiger partial charge in [0.15, 0.2) is 0 Å². The fraction of sp³-hybridized carbons (Fsp3) is 0.235. The summed E-state index contributed by atoms with van der Waals surface area (Å²) in [6.07, 6.45) is 1.42. The van der Waals surface area contributed by atoms with Crippen molar-refractivity contribution in [3.63, 3.8) is 0 Å². The van der Waals surface area contributed by atoms with Crippen molar-refractivity contribution in [2.45, 2.75) is 4.90 Å². The molecule has 0 heterocycles. The van der Waals surface area contributed by atoms with E-state index in [4.69, 9.17) is 9.47 Å². The smallest absolute Gasteiger partial charge is 0.242 e. The molecule has 0 radical (unpaired) electrons. The predicted octanol–water partition coefficient (Wildman–Crippen LogP) is 2.41. The van der Waals surface area contributed by atoms with E-state index >= 15 is 0 Å². The van der Waals surface area contributed by atoms with Crippen molar-refractivity contribution < 1.29 is 23.0 Å². The van der Waals surface area contributed by atoms with Gasteiger partial charge in [0.2, 0.25) is 10.0 Å². The zero-order valence-electron chi connectivity index (χ0n) is 14.4. The molecule has 0 aromatic heterocycles. The maximum Gasteiger partial charge on any atom is 0.242 e. The zero-order valence-corrected chi connectivity index (χ0v) is 15.2. The second-order valence-electron chi connectivity index (χ2n) is 5.30. The number of sulfonamides is 1. The number of hydrogen-bond donors (Lipinski definition) is 1. The molecule has 2 aromatic carbocycles. The van der Waals surface area contributed by atoms with Crippen LogP contribution in [-0.2, 0) is 10.0 Å². The SMILES string of the molecule is COc1ccc(O)c(C=Nc2cc(S(=O)(=O)N(C)C)ccc2OC)c1. The van der Waals surface area contributed by atoms with Gasteiger partial charge in [0.1, 0.15) is 22.9 Å².